The smallest absolute Gasteiger partial charge is 0.303 e. The van der Waals surface area contributed by atoms with Crippen LogP contribution in [-0.2, 0) is 4.79 Å². The Kier molecular flexibility index (Phi) is 3.31. The molecule has 1 saturated heterocycles. The fourth-order valence-corrected chi connectivity index (χ4v) is 2.09. The summed E-state index contributed by atoms with van der Waals surface area (Å²) in [5, 5.41) is 8.77. The number of carboxylic acid groups (broad SMARTS) is 1. The summed E-state index contributed by atoms with van der Waals surface area (Å²) in [4.78, 5) is 12.9. The van der Waals surface area contributed by atoms with Gasteiger partial charge >= 0.3 is 5.97 Å². The molecule has 0 amide bonds. The predicted octanol–water partition coefficient (Wildman–Crippen LogP) is 1.44. The number of likely N-dealkylation sites (tertiary alicyclic amines) is 1. The fraction of sp³-hybridized carbons (Fsp3) is 0.900. The monoisotopic (exact) mass is 185 g/mol. The molecule has 3 nitrogen and oxygen atoms in total. The Morgan fingerprint density at radius 1 is 1.62 bits per heavy atom. The summed E-state index contributed by atoms with van der Waals surface area (Å²) in [7, 11) is 2.07. The van der Waals surface area contributed by atoms with Crippen molar-refractivity contribution < 1.29 is 9.90 Å². The lowest BCUT2D eigenvalue weighted by molar-refractivity contribution is -0.139. The van der Waals surface area contributed by atoms with Gasteiger partial charge in [0.15, 0.2) is 0 Å². The van der Waals surface area contributed by atoms with Gasteiger partial charge in [-0.2, -0.15) is 0 Å². The van der Waals surface area contributed by atoms with E-state index >= 15 is 0 Å². The molecule has 1 heterocycles. The van der Waals surface area contributed by atoms with Crippen LogP contribution in [0.15, 0.2) is 0 Å². The first-order chi connectivity index (χ1) is 6.02. The number of aliphatic carboxylic acids is 1. The zero-order chi connectivity index (χ0) is 10.0. The van der Waals surface area contributed by atoms with Gasteiger partial charge in [-0.15, -0.1) is 0 Å². The van der Waals surface area contributed by atoms with E-state index in [0.29, 0.717) is 24.3 Å². The Bertz CT molecular complexity index is 191. The van der Waals surface area contributed by atoms with E-state index in [-0.39, 0.29) is 0 Å². The standard InChI is InChI=1S/C10H19NO2/c1-7(2)8(6-10(12)13)9-4-5-11(9)3/h7-9H,4-6H2,1-3H3,(H,12,13). The SMILES string of the molecule is CC(C)C(CC(=O)O)C1CCN1C. The van der Waals surface area contributed by atoms with Gasteiger partial charge in [-0.1, -0.05) is 13.8 Å². The van der Waals surface area contributed by atoms with Crippen molar-refractivity contribution in [2.45, 2.75) is 32.7 Å². The Morgan fingerprint density at radius 2 is 2.23 bits per heavy atom. The second-order valence-electron chi connectivity index (χ2n) is 4.34. The second kappa shape index (κ2) is 4.09. The van der Waals surface area contributed by atoms with Gasteiger partial charge in [0.2, 0.25) is 0 Å². The molecule has 0 bridgehead atoms. The van der Waals surface area contributed by atoms with E-state index < -0.39 is 5.97 Å². The van der Waals surface area contributed by atoms with E-state index in [9.17, 15) is 4.79 Å². The minimum atomic E-state index is -0.668. The maximum absolute atomic E-state index is 10.6. The van der Waals surface area contributed by atoms with Crippen LogP contribution in [0, 0.1) is 11.8 Å². The van der Waals surface area contributed by atoms with Crippen molar-refractivity contribution >= 4 is 5.97 Å². The third-order valence-electron chi connectivity index (χ3n) is 3.10. The Balaban J connectivity index is 2.51. The fourth-order valence-electron chi connectivity index (χ4n) is 2.09. The molecular weight excluding hydrogens is 166 g/mol. The molecular formula is C10H19NO2. The van der Waals surface area contributed by atoms with E-state index in [1.54, 1.807) is 0 Å². The lowest BCUT2D eigenvalue weighted by atomic mass is 9.80. The summed E-state index contributed by atoms with van der Waals surface area (Å²) in [6, 6.07) is 0.496. The number of nitrogens with zero attached hydrogens (tertiary/aromatic N) is 1. The number of hydrogen-bond donors (Lipinski definition) is 1. The summed E-state index contributed by atoms with van der Waals surface area (Å²) >= 11 is 0. The highest BCUT2D eigenvalue weighted by atomic mass is 16.4. The molecule has 1 aliphatic heterocycles. The van der Waals surface area contributed by atoms with Gasteiger partial charge in [0.25, 0.3) is 0 Å². The summed E-state index contributed by atoms with van der Waals surface area (Å²) in [6.45, 7) is 5.34. The summed E-state index contributed by atoms with van der Waals surface area (Å²) < 4.78 is 0. The number of rotatable bonds is 4. The van der Waals surface area contributed by atoms with Crippen LogP contribution in [0.5, 0.6) is 0 Å². The van der Waals surface area contributed by atoms with Gasteiger partial charge in [-0.05, 0) is 31.8 Å². The van der Waals surface area contributed by atoms with Gasteiger partial charge in [-0.25, -0.2) is 0 Å². The first kappa shape index (κ1) is 10.5. The van der Waals surface area contributed by atoms with Crippen LogP contribution >= 0.6 is 0 Å². The number of carboxylic acids is 1. The third kappa shape index (κ3) is 2.44. The molecule has 3 heteroatoms. The van der Waals surface area contributed by atoms with Gasteiger partial charge in [0.1, 0.15) is 0 Å². The van der Waals surface area contributed by atoms with E-state index in [4.69, 9.17) is 5.11 Å². The molecule has 13 heavy (non-hydrogen) atoms. The van der Waals surface area contributed by atoms with E-state index in [1.807, 2.05) is 0 Å². The summed E-state index contributed by atoms with van der Waals surface area (Å²) in [5.41, 5.74) is 0. The molecule has 1 fully saturated rings. The minimum Gasteiger partial charge on any atom is -0.481 e. The number of carbonyl (C=O) groups is 1. The zero-order valence-electron chi connectivity index (χ0n) is 8.66. The van der Waals surface area contributed by atoms with Crippen molar-refractivity contribution in [2.75, 3.05) is 13.6 Å². The molecule has 1 aliphatic rings. The first-order valence-electron chi connectivity index (χ1n) is 4.94. The van der Waals surface area contributed by atoms with Crippen LogP contribution in [0.25, 0.3) is 0 Å². The maximum Gasteiger partial charge on any atom is 0.303 e. The zero-order valence-corrected chi connectivity index (χ0v) is 8.66. The van der Waals surface area contributed by atoms with E-state index in [1.165, 1.54) is 0 Å². The Labute approximate surface area is 79.7 Å². The van der Waals surface area contributed by atoms with Crippen molar-refractivity contribution in [3.05, 3.63) is 0 Å². The minimum absolute atomic E-state index is 0.312. The van der Waals surface area contributed by atoms with Crippen LogP contribution in [0.4, 0.5) is 0 Å². The van der Waals surface area contributed by atoms with Crippen LogP contribution in [0.3, 0.4) is 0 Å². The van der Waals surface area contributed by atoms with Crippen LogP contribution in [0.2, 0.25) is 0 Å². The highest BCUT2D eigenvalue weighted by Gasteiger charge is 2.34. The molecule has 0 aromatic heterocycles. The van der Waals surface area contributed by atoms with Crippen molar-refractivity contribution in [2.24, 2.45) is 11.8 Å². The molecule has 0 saturated carbocycles. The molecule has 0 aliphatic carbocycles. The largest absolute Gasteiger partial charge is 0.481 e. The average molecular weight is 185 g/mol. The average Bonchev–Trinajstić information content (AvgIpc) is 1.99. The van der Waals surface area contributed by atoms with Crippen LogP contribution < -0.4 is 0 Å². The lowest BCUT2D eigenvalue weighted by Crippen LogP contribution is -2.51. The van der Waals surface area contributed by atoms with Gasteiger partial charge < -0.3 is 10.0 Å². The quantitative estimate of drug-likeness (QED) is 0.720. The lowest BCUT2D eigenvalue weighted by Gasteiger charge is -2.44. The Hall–Kier alpha value is -0.570. The molecule has 0 spiro atoms. The molecule has 2 unspecified atom stereocenters. The van der Waals surface area contributed by atoms with Gasteiger partial charge in [0, 0.05) is 12.5 Å². The Morgan fingerprint density at radius 3 is 2.46 bits per heavy atom. The van der Waals surface area contributed by atoms with Gasteiger partial charge in [0.05, 0.1) is 0 Å². The highest BCUT2D eigenvalue weighted by Crippen LogP contribution is 2.30. The van der Waals surface area contributed by atoms with Crippen molar-refractivity contribution in [3.8, 4) is 0 Å². The molecule has 0 aromatic carbocycles. The summed E-state index contributed by atoms with van der Waals surface area (Å²) in [6.07, 6.45) is 1.47. The van der Waals surface area contributed by atoms with Crippen molar-refractivity contribution in [1.82, 2.24) is 4.90 Å². The molecule has 0 aromatic rings. The topological polar surface area (TPSA) is 40.5 Å². The van der Waals surface area contributed by atoms with Crippen molar-refractivity contribution in [1.29, 1.82) is 0 Å². The number of hydrogen-bond acceptors (Lipinski definition) is 2. The predicted molar refractivity (Wildman–Crippen MR) is 51.6 cm³/mol. The molecule has 0 radical (unpaired) electrons. The second-order valence-corrected chi connectivity index (χ2v) is 4.34. The van der Waals surface area contributed by atoms with Crippen LogP contribution in [-0.4, -0.2) is 35.6 Å². The molecule has 1 rings (SSSR count). The van der Waals surface area contributed by atoms with Gasteiger partial charge in [-0.3, -0.25) is 4.79 Å². The van der Waals surface area contributed by atoms with E-state index in [0.717, 1.165) is 13.0 Å². The summed E-state index contributed by atoms with van der Waals surface area (Å²) in [5.74, 6) is 0.110. The molecule has 1 N–H and O–H groups in total. The molecule has 76 valence electrons. The van der Waals surface area contributed by atoms with Crippen molar-refractivity contribution in [3.63, 3.8) is 0 Å². The third-order valence-corrected chi connectivity index (χ3v) is 3.10. The normalized spacial score (nSPS) is 25.7. The molecule has 2 atom stereocenters. The van der Waals surface area contributed by atoms with Crippen LogP contribution in [0.1, 0.15) is 26.7 Å². The first-order valence-corrected chi connectivity index (χ1v) is 4.94. The maximum atomic E-state index is 10.6. The van der Waals surface area contributed by atoms with E-state index in [2.05, 4.69) is 25.8 Å². The highest BCUT2D eigenvalue weighted by molar-refractivity contribution is 5.67.